The summed E-state index contributed by atoms with van der Waals surface area (Å²) in [6, 6.07) is 3.54. The van der Waals surface area contributed by atoms with Crippen molar-refractivity contribution in [1.29, 1.82) is 5.26 Å². The molecule has 35 heavy (non-hydrogen) atoms. The molecule has 3 N–H and O–H groups in total. The zero-order valence-corrected chi connectivity index (χ0v) is 19.5. The molecule has 0 aliphatic rings. The van der Waals surface area contributed by atoms with Gasteiger partial charge in [-0.2, -0.15) is 10.4 Å². The van der Waals surface area contributed by atoms with Gasteiger partial charge in [0.25, 0.3) is 0 Å². The maximum Gasteiger partial charge on any atom is 0.407 e. The van der Waals surface area contributed by atoms with E-state index in [4.69, 9.17) is 19.5 Å². The number of aromatic nitrogens is 5. The number of rotatable bonds is 10. The molecule has 1 amide bonds. The summed E-state index contributed by atoms with van der Waals surface area (Å²) < 4.78 is 29.1. The summed E-state index contributed by atoms with van der Waals surface area (Å²) in [5.41, 5.74) is 0.500. The van der Waals surface area contributed by atoms with Crippen molar-refractivity contribution in [3.05, 3.63) is 36.5 Å². The van der Waals surface area contributed by atoms with E-state index in [0.29, 0.717) is 41.6 Å². The van der Waals surface area contributed by atoms with Gasteiger partial charge in [0, 0.05) is 12.6 Å². The fourth-order valence-corrected chi connectivity index (χ4v) is 2.82. The number of hydrogen-bond acceptors (Lipinski definition) is 10. The number of alkyl carbamates (subject to hydrolysis) is 1. The summed E-state index contributed by atoms with van der Waals surface area (Å²) in [5.74, 6) is 1.27. The second-order valence-electron chi connectivity index (χ2n) is 8.09. The Morgan fingerprint density at radius 3 is 2.57 bits per heavy atom. The molecular weight excluding hydrogens is 459 g/mol. The maximum absolute atomic E-state index is 13.0. The number of halogens is 1. The first kappa shape index (κ1) is 25.2. The van der Waals surface area contributed by atoms with Crippen LogP contribution < -0.4 is 20.1 Å². The molecule has 3 heterocycles. The highest BCUT2D eigenvalue weighted by Crippen LogP contribution is 2.37. The molecule has 0 unspecified atom stereocenters. The topological polar surface area (TPSA) is 160 Å². The Labute approximate surface area is 200 Å². The van der Waals surface area contributed by atoms with Gasteiger partial charge < -0.3 is 24.8 Å². The van der Waals surface area contributed by atoms with Crippen molar-refractivity contribution in [3.63, 3.8) is 0 Å². The Balaban J connectivity index is 1.67. The van der Waals surface area contributed by atoms with E-state index in [2.05, 4.69) is 35.8 Å². The van der Waals surface area contributed by atoms with Crippen LogP contribution in [0.25, 0.3) is 11.3 Å². The third kappa shape index (κ3) is 7.53. The number of ether oxygens (including phenoxy) is 3. The Hall–Kier alpha value is -4.47. The first-order valence-electron chi connectivity index (χ1n) is 10.6. The van der Waals surface area contributed by atoms with E-state index in [1.54, 1.807) is 26.8 Å². The fourth-order valence-electron chi connectivity index (χ4n) is 2.82. The Kier molecular flexibility index (Phi) is 8.33. The SMILES string of the molecule is CC(C)(C)OC(=O)NCCCOc1cncc(OCF)c1-c1cc(Nc2cnc(C#N)cn2)n[nH]1. The minimum absolute atomic E-state index is 0.158. The largest absolute Gasteiger partial charge is 0.491 e. The van der Waals surface area contributed by atoms with Crippen LogP contribution in [0.1, 0.15) is 32.9 Å². The van der Waals surface area contributed by atoms with Crippen molar-refractivity contribution in [3.8, 4) is 28.8 Å². The summed E-state index contributed by atoms with van der Waals surface area (Å²) in [6.45, 7) is 4.87. The molecule has 0 aliphatic heterocycles. The zero-order valence-electron chi connectivity index (χ0n) is 19.5. The van der Waals surface area contributed by atoms with E-state index >= 15 is 0 Å². The second-order valence-corrected chi connectivity index (χ2v) is 8.09. The number of aromatic amines is 1. The number of nitriles is 1. The van der Waals surface area contributed by atoms with Gasteiger partial charge in [0.1, 0.15) is 17.5 Å². The lowest BCUT2D eigenvalue weighted by Gasteiger charge is -2.19. The highest BCUT2D eigenvalue weighted by molar-refractivity contribution is 5.75. The molecule has 0 saturated heterocycles. The van der Waals surface area contributed by atoms with Crippen LogP contribution in [0.2, 0.25) is 0 Å². The van der Waals surface area contributed by atoms with Gasteiger partial charge in [0.2, 0.25) is 6.86 Å². The number of H-pyrrole nitrogens is 1. The molecule has 3 aromatic heterocycles. The molecule has 3 aromatic rings. The van der Waals surface area contributed by atoms with Gasteiger partial charge in [-0.3, -0.25) is 10.1 Å². The number of hydrogen-bond donors (Lipinski definition) is 3. The highest BCUT2D eigenvalue weighted by atomic mass is 19.1. The van der Waals surface area contributed by atoms with Crippen molar-refractivity contribution in [2.45, 2.75) is 32.8 Å². The van der Waals surface area contributed by atoms with Crippen LogP contribution in [0, 0.1) is 11.3 Å². The van der Waals surface area contributed by atoms with Gasteiger partial charge in [-0.05, 0) is 27.2 Å². The standard InChI is InChI=1S/C22H25FN8O4/c1-22(2,3)35-21(32)26-5-4-6-33-16-10-25-11-17(34-13-23)20(16)15-7-18(31-30-15)29-19-12-27-14(8-24)9-28-19/h7,9-12H,4-6,13H2,1-3H3,(H,26,32)(H2,28,29,30,31). The van der Waals surface area contributed by atoms with E-state index < -0.39 is 18.6 Å². The third-order valence-corrected chi connectivity index (χ3v) is 4.20. The summed E-state index contributed by atoms with van der Waals surface area (Å²) >= 11 is 0. The molecule has 0 aromatic carbocycles. The molecule has 0 spiro atoms. The number of carbonyl (C=O) groups excluding carboxylic acids is 1. The number of nitrogens with one attached hydrogen (secondary N) is 3. The van der Waals surface area contributed by atoms with E-state index in [1.165, 1.54) is 24.8 Å². The van der Waals surface area contributed by atoms with Crippen molar-refractivity contribution >= 4 is 17.7 Å². The Morgan fingerprint density at radius 1 is 1.14 bits per heavy atom. The number of anilines is 2. The van der Waals surface area contributed by atoms with Gasteiger partial charge in [-0.25, -0.2) is 19.2 Å². The number of pyridine rings is 1. The lowest BCUT2D eigenvalue weighted by molar-refractivity contribution is 0.0525. The molecule has 3 rings (SSSR count). The predicted octanol–water partition coefficient (Wildman–Crippen LogP) is 3.48. The number of alkyl halides is 1. The Bertz CT molecular complexity index is 1170. The fraction of sp³-hybridized carbons (Fsp3) is 0.364. The van der Waals surface area contributed by atoms with Crippen LogP contribution in [0.4, 0.5) is 20.8 Å². The van der Waals surface area contributed by atoms with Crippen molar-refractivity contribution in [2.75, 3.05) is 25.3 Å². The molecule has 0 aliphatic carbocycles. The molecule has 12 nitrogen and oxygen atoms in total. The van der Waals surface area contributed by atoms with Crippen LogP contribution in [-0.2, 0) is 4.74 Å². The number of nitrogens with zero attached hydrogens (tertiary/aromatic N) is 5. The molecule has 0 saturated carbocycles. The van der Waals surface area contributed by atoms with Crippen LogP contribution >= 0.6 is 0 Å². The Morgan fingerprint density at radius 2 is 1.91 bits per heavy atom. The first-order chi connectivity index (χ1) is 16.8. The zero-order chi connectivity index (χ0) is 25.3. The maximum atomic E-state index is 13.0. The summed E-state index contributed by atoms with van der Waals surface area (Å²) in [7, 11) is 0. The van der Waals surface area contributed by atoms with Crippen molar-refractivity contribution in [1.82, 2.24) is 30.5 Å². The molecular formula is C22H25FN8O4. The van der Waals surface area contributed by atoms with E-state index in [1.807, 2.05) is 6.07 Å². The molecule has 0 atom stereocenters. The molecule has 0 bridgehead atoms. The third-order valence-electron chi connectivity index (χ3n) is 4.20. The van der Waals surface area contributed by atoms with Crippen molar-refractivity contribution < 1.29 is 23.4 Å². The second kappa shape index (κ2) is 11.6. The van der Waals surface area contributed by atoms with Crippen LogP contribution in [-0.4, -0.2) is 56.9 Å². The highest BCUT2D eigenvalue weighted by Gasteiger charge is 2.18. The summed E-state index contributed by atoms with van der Waals surface area (Å²) in [6.07, 6.45) is 5.54. The van der Waals surface area contributed by atoms with E-state index in [0.717, 1.165) is 0 Å². The normalized spacial score (nSPS) is 10.8. The average Bonchev–Trinajstić information content (AvgIpc) is 3.26. The monoisotopic (exact) mass is 484 g/mol. The van der Waals surface area contributed by atoms with Gasteiger partial charge >= 0.3 is 6.09 Å². The minimum atomic E-state index is -1.06. The lowest BCUT2D eigenvalue weighted by Crippen LogP contribution is -2.33. The van der Waals surface area contributed by atoms with Crippen LogP contribution in [0.15, 0.2) is 30.9 Å². The van der Waals surface area contributed by atoms with Crippen LogP contribution in [0.3, 0.4) is 0 Å². The number of amides is 1. The van der Waals surface area contributed by atoms with Gasteiger partial charge in [0.15, 0.2) is 23.0 Å². The minimum Gasteiger partial charge on any atom is -0.491 e. The molecule has 0 radical (unpaired) electrons. The molecule has 184 valence electrons. The average molecular weight is 484 g/mol. The van der Waals surface area contributed by atoms with Gasteiger partial charge in [-0.15, -0.1) is 0 Å². The number of carbonyl (C=O) groups is 1. The van der Waals surface area contributed by atoms with Crippen molar-refractivity contribution in [2.24, 2.45) is 0 Å². The quantitative estimate of drug-likeness (QED) is 0.363. The molecule has 0 fully saturated rings. The van der Waals surface area contributed by atoms with E-state index in [-0.39, 0.29) is 18.1 Å². The van der Waals surface area contributed by atoms with Gasteiger partial charge in [-0.1, -0.05) is 0 Å². The smallest absolute Gasteiger partial charge is 0.407 e. The predicted molar refractivity (Wildman–Crippen MR) is 123 cm³/mol. The van der Waals surface area contributed by atoms with E-state index in [9.17, 15) is 9.18 Å². The summed E-state index contributed by atoms with van der Waals surface area (Å²) in [4.78, 5) is 23.8. The molecule has 13 heteroatoms. The lowest BCUT2D eigenvalue weighted by atomic mass is 10.1. The van der Waals surface area contributed by atoms with Gasteiger partial charge in [0.05, 0.1) is 42.7 Å². The van der Waals surface area contributed by atoms with Crippen LogP contribution in [0.5, 0.6) is 11.5 Å². The summed E-state index contributed by atoms with van der Waals surface area (Å²) in [5, 5.41) is 21.5. The first-order valence-corrected chi connectivity index (χ1v) is 10.6.